The van der Waals surface area contributed by atoms with Crippen LogP contribution in [0.5, 0.6) is 0 Å². The van der Waals surface area contributed by atoms with Gasteiger partial charge in [0.05, 0.1) is 6.54 Å². The summed E-state index contributed by atoms with van der Waals surface area (Å²) in [4.78, 5) is 4.59. The smallest absolute Gasteiger partial charge is 0.156 e. The third-order valence-corrected chi connectivity index (χ3v) is 4.86. The van der Waals surface area contributed by atoms with Crippen LogP contribution >= 0.6 is 11.8 Å². The van der Waals surface area contributed by atoms with Crippen LogP contribution in [0.2, 0.25) is 0 Å². The first-order valence-corrected chi connectivity index (χ1v) is 7.16. The molecule has 0 spiro atoms. The highest BCUT2D eigenvalue weighted by molar-refractivity contribution is 8.14. The molecule has 0 amide bonds. The maximum atomic E-state index is 4.59. The van der Waals surface area contributed by atoms with Gasteiger partial charge in [0.2, 0.25) is 0 Å². The van der Waals surface area contributed by atoms with Crippen LogP contribution in [0.1, 0.15) is 39.5 Å². The van der Waals surface area contributed by atoms with Crippen molar-refractivity contribution >= 4 is 16.9 Å². The van der Waals surface area contributed by atoms with Gasteiger partial charge in [-0.25, -0.2) is 0 Å². The minimum atomic E-state index is 0.800. The van der Waals surface area contributed by atoms with E-state index < -0.39 is 0 Å². The lowest BCUT2D eigenvalue weighted by atomic mass is 10.0. The van der Waals surface area contributed by atoms with Gasteiger partial charge < -0.3 is 5.32 Å². The lowest BCUT2D eigenvalue weighted by Gasteiger charge is -2.14. The van der Waals surface area contributed by atoms with E-state index in [9.17, 15) is 0 Å². The van der Waals surface area contributed by atoms with Crippen LogP contribution in [0.3, 0.4) is 0 Å². The zero-order valence-electron chi connectivity index (χ0n) is 9.83. The van der Waals surface area contributed by atoms with Crippen LogP contribution in [0.15, 0.2) is 4.99 Å². The number of hydrogen-bond acceptors (Lipinski definition) is 3. The summed E-state index contributed by atoms with van der Waals surface area (Å²) in [6, 6.07) is 0. The molecule has 3 heteroatoms. The second-order valence-corrected chi connectivity index (χ2v) is 5.93. The van der Waals surface area contributed by atoms with E-state index in [1.54, 1.807) is 0 Å². The van der Waals surface area contributed by atoms with Crippen LogP contribution in [0.25, 0.3) is 0 Å². The Balaban J connectivity index is 1.67. The maximum Gasteiger partial charge on any atom is 0.156 e. The third kappa shape index (κ3) is 3.13. The van der Waals surface area contributed by atoms with Gasteiger partial charge in [0, 0.05) is 11.8 Å². The predicted molar refractivity (Wildman–Crippen MR) is 68.5 cm³/mol. The van der Waals surface area contributed by atoms with Crippen molar-refractivity contribution in [3.63, 3.8) is 0 Å². The molecule has 0 aromatic heterocycles. The molecule has 86 valence electrons. The first-order chi connectivity index (χ1) is 7.33. The van der Waals surface area contributed by atoms with Crippen molar-refractivity contribution in [2.45, 2.75) is 44.8 Å². The van der Waals surface area contributed by atoms with E-state index in [1.165, 1.54) is 30.9 Å². The highest BCUT2D eigenvalue weighted by atomic mass is 32.2. The summed E-state index contributed by atoms with van der Waals surface area (Å²) in [5, 5.41) is 5.52. The molecule has 1 N–H and O–H groups in total. The van der Waals surface area contributed by atoms with Crippen LogP contribution < -0.4 is 5.32 Å². The van der Waals surface area contributed by atoms with Crippen LogP contribution in [-0.2, 0) is 0 Å². The van der Waals surface area contributed by atoms with E-state index >= 15 is 0 Å². The monoisotopic (exact) mass is 226 g/mol. The Morgan fingerprint density at radius 3 is 2.73 bits per heavy atom. The van der Waals surface area contributed by atoms with Crippen LogP contribution in [0.4, 0.5) is 0 Å². The fraction of sp³-hybridized carbons (Fsp3) is 0.917. The SMILES string of the molecule is CCC(CC)CNC1=NCC(C2CC2)S1. The Morgan fingerprint density at radius 2 is 2.13 bits per heavy atom. The number of rotatable bonds is 5. The van der Waals surface area contributed by atoms with Gasteiger partial charge in [-0.3, -0.25) is 4.99 Å². The van der Waals surface area contributed by atoms with Gasteiger partial charge in [-0.1, -0.05) is 38.5 Å². The van der Waals surface area contributed by atoms with E-state index in [2.05, 4.69) is 24.2 Å². The molecule has 1 saturated carbocycles. The Hall–Kier alpha value is -0.180. The number of nitrogens with zero attached hydrogens (tertiary/aromatic N) is 1. The summed E-state index contributed by atoms with van der Waals surface area (Å²) in [5.74, 6) is 1.79. The minimum absolute atomic E-state index is 0.800. The molecule has 15 heavy (non-hydrogen) atoms. The fourth-order valence-electron chi connectivity index (χ4n) is 2.01. The second-order valence-electron chi connectivity index (χ2n) is 4.70. The molecule has 0 saturated heterocycles. The molecule has 1 heterocycles. The van der Waals surface area contributed by atoms with Crippen molar-refractivity contribution in [2.24, 2.45) is 16.8 Å². The van der Waals surface area contributed by atoms with E-state index in [1.807, 2.05) is 11.8 Å². The Bertz CT molecular complexity index is 232. The Labute approximate surface area is 97.3 Å². The molecule has 1 aliphatic carbocycles. The van der Waals surface area contributed by atoms with Crippen molar-refractivity contribution in [1.29, 1.82) is 0 Å². The van der Waals surface area contributed by atoms with Gasteiger partial charge in [0.15, 0.2) is 5.17 Å². The molecule has 0 bridgehead atoms. The third-order valence-electron chi connectivity index (χ3n) is 3.52. The van der Waals surface area contributed by atoms with Gasteiger partial charge in [-0.15, -0.1) is 0 Å². The molecule has 1 atom stereocenters. The standard InChI is InChI=1S/C12H22N2S/c1-3-9(4-2)7-13-12-14-8-11(15-12)10-5-6-10/h9-11H,3-8H2,1-2H3,(H,13,14). The van der Waals surface area contributed by atoms with E-state index in [4.69, 9.17) is 0 Å². The van der Waals surface area contributed by atoms with Gasteiger partial charge in [0.25, 0.3) is 0 Å². The van der Waals surface area contributed by atoms with Crippen LogP contribution in [-0.4, -0.2) is 23.5 Å². The van der Waals surface area contributed by atoms with Crippen molar-refractivity contribution < 1.29 is 0 Å². The molecule has 1 unspecified atom stereocenters. The van der Waals surface area contributed by atoms with Gasteiger partial charge in [-0.2, -0.15) is 0 Å². The van der Waals surface area contributed by atoms with Gasteiger partial charge in [0.1, 0.15) is 0 Å². The molecular formula is C12H22N2S. The first-order valence-electron chi connectivity index (χ1n) is 6.28. The average Bonchev–Trinajstić information content (AvgIpc) is 3.01. The fourth-order valence-corrected chi connectivity index (χ4v) is 3.23. The molecule has 0 aromatic carbocycles. The molecule has 2 aliphatic rings. The number of aliphatic imine (C=N–C) groups is 1. The summed E-state index contributed by atoms with van der Waals surface area (Å²) in [5.41, 5.74) is 0. The van der Waals surface area contributed by atoms with Gasteiger partial charge >= 0.3 is 0 Å². The highest BCUT2D eigenvalue weighted by Crippen LogP contribution is 2.41. The van der Waals surface area contributed by atoms with Crippen LogP contribution in [0, 0.1) is 11.8 Å². The number of amidine groups is 1. The number of thioether (sulfide) groups is 1. The van der Waals surface area contributed by atoms with Crippen molar-refractivity contribution in [3.8, 4) is 0 Å². The first kappa shape index (κ1) is 11.3. The molecule has 2 rings (SSSR count). The topological polar surface area (TPSA) is 24.4 Å². The molecule has 2 nitrogen and oxygen atoms in total. The number of nitrogens with one attached hydrogen (secondary N) is 1. The summed E-state index contributed by atoms with van der Waals surface area (Å²) in [6.07, 6.45) is 5.42. The quantitative estimate of drug-likeness (QED) is 0.779. The number of hydrogen-bond donors (Lipinski definition) is 1. The zero-order valence-corrected chi connectivity index (χ0v) is 10.6. The minimum Gasteiger partial charge on any atom is -0.365 e. The largest absolute Gasteiger partial charge is 0.365 e. The summed E-state index contributed by atoms with van der Waals surface area (Å²) < 4.78 is 0. The lowest BCUT2D eigenvalue weighted by Crippen LogP contribution is -2.26. The Morgan fingerprint density at radius 1 is 1.40 bits per heavy atom. The molecule has 0 aromatic rings. The molecule has 0 radical (unpaired) electrons. The summed E-state index contributed by atoms with van der Waals surface area (Å²) in [7, 11) is 0. The van der Waals surface area contributed by atoms with Crippen molar-refractivity contribution in [2.75, 3.05) is 13.1 Å². The molecule has 1 fully saturated rings. The van der Waals surface area contributed by atoms with E-state index in [0.29, 0.717) is 0 Å². The molecule has 1 aliphatic heterocycles. The van der Waals surface area contributed by atoms with Crippen molar-refractivity contribution in [1.82, 2.24) is 5.32 Å². The lowest BCUT2D eigenvalue weighted by molar-refractivity contribution is 0.486. The normalized spacial score (nSPS) is 25.8. The van der Waals surface area contributed by atoms with Gasteiger partial charge in [-0.05, 0) is 24.7 Å². The maximum absolute atomic E-state index is 4.59. The predicted octanol–water partition coefficient (Wildman–Crippen LogP) is 2.89. The zero-order chi connectivity index (χ0) is 10.7. The van der Waals surface area contributed by atoms with Crippen molar-refractivity contribution in [3.05, 3.63) is 0 Å². The Kier molecular flexibility index (Phi) is 3.95. The second kappa shape index (κ2) is 5.24. The van der Waals surface area contributed by atoms with E-state index in [0.717, 1.165) is 30.2 Å². The average molecular weight is 226 g/mol. The summed E-state index contributed by atoms with van der Waals surface area (Å²) >= 11 is 1.98. The highest BCUT2D eigenvalue weighted by Gasteiger charge is 2.35. The summed E-state index contributed by atoms with van der Waals surface area (Å²) in [6.45, 7) is 6.70. The molecular weight excluding hydrogens is 204 g/mol. The van der Waals surface area contributed by atoms with E-state index in [-0.39, 0.29) is 0 Å².